The van der Waals surface area contributed by atoms with Crippen molar-refractivity contribution in [1.82, 2.24) is 0 Å². The van der Waals surface area contributed by atoms with Crippen molar-refractivity contribution in [2.24, 2.45) is 4.40 Å². The van der Waals surface area contributed by atoms with Crippen LogP contribution in [0.4, 0.5) is 0 Å². The van der Waals surface area contributed by atoms with E-state index in [1.807, 2.05) is 13.8 Å². The third-order valence-corrected chi connectivity index (χ3v) is 2.35. The van der Waals surface area contributed by atoms with E-state index < -0.39 is 11.0 Å². The lowest BCUT2D eigenvalue weighted by atomic mass is 10.5. The Morgan fingerprint density at radius 1 is 1.67 bits per heavy atom. The average Bonchev–Trinajstić information content (AvgIpc) is 2.51. The van der Waals surface area contributed by atoms with Gasteiger partial charge in [-0.3, -0.25) is 0 Å². The Bertz CT molecular complexity index is 277. The fraction of sp³-hybridized carbons (Fsp3) is 0.375. The van der Waals surface area contributed by atoms with Gasteiger partial charge in [-0.25, -0.2) is 4.21 Å². The van der Waals surface area contributed by atoms with Crippen LogP contribution in [0, 0.1) is 0 Å². The Hall–Kier alpha value is -0.900. The first-order valence-electron chi connectivity index (χ1n) is 3.68. The van der Waals surface area contributed by atoms with E-state index in [-0.39, 0.29) is 5.25 Å². The van der Waals surface area contributed by atoms with Gasteiger partial charge < -0.3 is 4.42 Å². The van der Waals surface area contributed by atoms with Crippen LogP contribution in [0.15, 0.2) is 27.2 Å². The molecular weight excluding hydrogens is 174 g/mol. The van der Waals surface area contributed by atoms with Crippen LogP contribution in [-0.4, -0.2) is 15.7 Å². The van der Waals surface area contributed by atoms with Crippen molar-refractivity contribution in [2.45, 2.75) is 19.1 Å². The Labute approximate surface area is 74.1 Å². The Balaban J connectivity index is 2.57. The van der Waals surface area contributed by atoms with Crippen LogP contribution in [0.3, 0.4) is 0 Å². The van der Waals surface area contributed by atoms with Crippen LogP contribution in [0.25, 0.3) is 0 Å². The molecule has 12 heavy (non-hydrogen) atoms. The molecule has 0 saturated heterocycles. The molecule has 1 aromatic rings. The van der Waals surface area contributed by atoms with E-state index in [4.69, 9.17) is 4.42 Å². The van der Waals surface area contributed by atoms with Crippen molar-refractivity contribution in [3.63, 3.8) is 0 Å². The van der Waals surface area contributed by atoms with Gasteiger partial charge in [-0.2, -0.15) is 4.40 Å². The van der Waals surface area contributed by atoms with Gasteiger partial charge in [0.2, 0.25) is 0 Å². The Morgan fingerprint density at radius 2 is 2.42 bits per heavy atom. The second-order valence-electron chi connectivity index (χ2n) is 2.57. The minimum Gasteiger partial charge on any atom is -0.463 e. The maximum atomic E-state index is 11.1. The van der Waals surface area contributed by atoms with Gasteiger partial charge in [0.1, 0.15) is 16.7 Å². The first-order chi connectivity index (χ1) is 5.70. The molecule has 1 atom stereocenters. The molecule has 0 aromatic carbocycles. The van der Waals surface area contributed by atoms with Gasteiger partial charge in [-0.15, -0.1) is 0 Å². The summed E-state index contributed by atoms with van der Waals surface area (Å²) in [6, 6.07) is 3.53. The van der Waals surface area contributed by atoms with E-state index in [2.05, 4.69) is 4.40 Å². The first kappa shape index (κ1) is 9.19. The number of nitrogens with zero attached hydrogens (tertiary/aromatic N) is 1. The van der Waals surface area contributed by atoms with Crippen LogP contribution in [0.2, 0.25) is 0 Å². The van der Waals surface area contributed by atoms with Crippen LogP contribution in [0.5, 0.6) is 0 Å². The molecule has 0 fully saturated rings. The molecule has 0 aliphatic carbocycles. The summed E-state index contributed by atoms with van der Waals surface area (Å²) in [4.78, 5) is 0. The molecular formula is C8H11NO2S. The summed E-state index contributed by atoms with van der Waals surface area (Å²) in [5.74, 6) is 0.629. The van der Waals surface area contributed by atoms with E-state index in [1.165, 1.54) is 6.21 Å². The second-order valence-corrected chi connectivity index (χ2v) is 4.28. The van der Waals surface area contributed by atoms with E-state index in [0.717, 1.165) is 0 Å². The molecule has 0 amide bonds. The lowest BCUT2D eigenvalue weighted by Gasteiger charge is -1.95. The average molecular weight is 185 g/mol. The van der Waals surface area contributed by atoms with Crippen molar-refractivity contribution in [2.75, 3.05) is 0 Å². The molecule has 66 valence electrons. The molecule has 1 heterocycles. The summed E-state index contributed by atoms with van der Waals surface area (Å²) < 4.78 is 19.9. The highest BCUT2D eigenvalue weighted by atomic mass is 32.2. The van der Waals surface area contributed by atoms with Crippen LogP contribution in [-0.2, 0) is 11.0 Å². The number of hydrogen-bond acceptors (Lipinski definition) is 2. The summed E-state index contributed by atoms with van der Waals surface area (Å²) in [6.45, 7) is 3.71. The molecule has 0 bridgehead atoms. The Morgan fingerprint density at radius 3 is 2.92 bits per heavy atom. The predicted octanol–water partition coefficient (Wildman–Crippen LogP) is 1.77. The molecule has 3 nitrogen and oxygen atoms in total. The van der Waals surface area contributed by atoms with Gasteiger partial charge in [0.25, 0.3) is 0 Å². The minimum absolute atomic E-state index is 0.0520. The quantitative estimate of drug-likeness (QED) is 0.673. The maximum Gasteiger partial charge on any atom is 0.145 e. The molecule has 4 heteroatoms. The Kier molecular flexibility index (Phi) is 3.22. The topological polar surface area (TPSA) is 42.6 Å². The normalized spacial score (nSPS) is 14.2. The van der Waals surface area contributed by atoms with E-state index in [0.29, 0.717) is 5.76 Å². The van der Waals surface area contributed by atoms with Gasteiger partial charge >= 0.3 is 0 Å². The number of furan rings is 1. The van der Waals surface area contributed by atoms with Crippen LogP contribution < -0.4 is 0 Å². The zero-order valence-corrected chi connectivity index (χ0v) is 7.88. The molecule has 0 saturated carbocycles. The minimum atomic E-state index is -1.15. The van der Waals surface area contributed by atoms with Crippen LogP contribution in [0.1, 0.15) is 19.6 Å². The zero-order chi connectivity index (χ0) is 8.97. The van der Waals surface area contributed by atoms with Gasteiger partial charge in [0.05, 0.1) is 17.7 Å². The largest absolute Gasteiger partial charge is 0.463 e. The fourth-order valence-electron chi connectivity index (χ4n) is 0.590. The molecule has 0 spiro atoms. The van der Waals surface area contributed by atoms with Crippen LogP contribution >= 0.6 is 0 Å². The van der Waals surface area contributed by atoms with Crippen molar-refractivity contribution in [3.05, 3.63) is 24.2 Å². The smallest absolute Gasteiger partial charge is 0.145 e. The van der Waals surface area contributed by atoms with Crippen molar-refractivity contribution in [1.29, 1.82) is 0 Å². The SMILES string of the molecule is CC(C)S(=O)/N=C/c1ccco1. The summed E-state index contributed by atoms with van der Waals surface area (Å²) in [6.07, 6.45) is 3.04. The fourth-order valence-corrected chi connectivity index (χ4v) is 1.04. The van der Waals surface area contributed by atoms with Gasteiger partial charge in [-0.05, 0) is 26.0 Å². The third-order valence-electron chi connectivity index (χ3n) is 1.23. The third kappa shape index (κ3) is 2.62. The van der Waals surface area contributed by atoms with Gasteiger partial charge in [-0.1, -0.05) is 0 Å². The molecule has 0 aliphatic rings. The second kappa shape index (κ2) is 4.21. The number of rotatable bonds is 3. The predicted molar refractivity (Wildman–Crippen MR) is 49.6 cm³/mol. The standard InChI is InChI=1S/C8H11NO2S/c1-7(2)12(10)9-6-8-4-3-5-11-8/h3-7H,1-2H3/b9-6+. The molecule has 1 rings (SSSR count). The molecule has 1 unspecified atom stereocenters. The van der Waals surface area contributed by atoms with E-state index in [9.17, 15) is 4.21 Å². The molecule has 1 aromatic heterocycles. The summed E-state index contributed by atoms with van der Waals surface area (Å²) >= 11 is 0. The molecule has 0 aliphatic heterocycles. The van der Waals surface area contributed by atoms with Gasteiger partial charge in [0, 0.05) is 0 Å². The van der Waals surface area contributed by atoms with E-state index in [1.54, 1.807) is 18.4 Å². The highest BCUT2D eigenvalue weighted by Crippen LogP contribution is 1.99. The maximum absolute atomic E-state index is 11.1. The zero-order valence-electron chi connectivity index (χ0n) is 7.06. The molecule has 0 radical (unpaired) electrons. The molecule has 0 N–H and O–H groups in total. The highest BCUT2D eigenvalue weighted by Gasteiger charge is 2.00. The van der Waals surface area contributed by atoms with Crippen molar-refractivity contribution in [3.8, 4) is 0 Å². The van der Waals surface area contributed by atoms with Crippen molar-refractivity contribution < 1.29 is 8.63 Å². The summed E-state index contributed by atoms with van der Waals surface area (Å²) in [5.41, 5.74) is 0. The summed E-state index contributed by atoms with van der Waals surface area (Å²) in [5, 5.41) is 0.0520. The summed E-state index contributed by atoms with van der Waals surface area (Å²) in [7, 11) is -1.15. The monoisotopic (exact) mass is 185 g/mol. The van der Waals surface area contributed by atoms with Gasteiger partial charge in [0.15, 0.2) is 0 Å². The van der Waals surface area contributed by atoms with E-state index >= 15 is 0 Å². The lowest BCUT2D eigenvalue weighted by molar-refractivity contribution is 0.560. The number of hydrogen-bond donors (Lipinski definition) is 0. The lowest BCUT2D eigenvalue weighted by Crippen LogP contribution is -2.01. The first-order valence-corrected chi connectivity index (χ1v) is 4.85. The van der Waals surface area contributed by atoms with Crippen molar-refractivity contribution >= 4 is 17.2 Å². The highest BCUT2D eigenvalue weighted by molar-refractivity contribution is 7.84.